The third kappa shape index (κ3) is 3.17. The van der Waals surface area contributed by atoms with E-state index < -0.39 is 5.95 Å². The molecule has 0 unspecified atom stereocenters. The van der Waals surface area contributed by atoms with Crippen LogP contribution in [0.25, 0.3) is 0 Å². The molecule has 0 spiro atoms. The van der Waals surface area contributed by atoms with Gasteiger partial charge in [0.25, 0.3) is 0 Å². The normalized spacial score (nSPS) is 10.0. The molecule has 0 saturated heterocycles. The van der Waals surface area contributed by atoms with Crippen molar-refractivity contribution in [1.82, 2.24) is 4.98 Å². The maximum Gasteiger partial charge on any atom is 0.214 e. The molecule has 17 heavy (non-hydrogen) atoms. The maximum atomic E-state index is 12.9. The second-order valence-corrected chi connectivity index (χ2v) is 3.45. The van der Waals surface area contributed by atoms with Crippen LogP contribution < -0.4 is 10.1 Å². The average molecular weight is 232 g/mol. The Morgan fingerprint density at radius 1 is 1.24 bits per heavy atom. The lowest BCUT2D eigenvalue weighted by molar-refractivity contribution is 0.340. The molecule has 1 heterocycles. The van der Waals surface area contributed by atoms with E-state index in [1.807, 2.05) is 31.2 Å². The van der Waals surface area contributed by atoms with Gasteiger partial charge in [0.1, 0.15) is 5.75 Å². The molecule has 0 amide bonds. The minimum absolute atomic E-state index is 0.504. The fourth-order valence-electron chi connectivity index (χ4n) is 1.48. The molecule has 4 heteroatoms. The Hall–Kier alpha value is -2.10. The topological polar surface area (TPSA) is 34.1 Å². The number of ether oxygens (including phenoxy) is 1. The highest BCUT2D eigenvalue weighted by Gasteiger charge is 1.99. The first-order valence-corrected chi connectivity index (χ1v) is 5.39. The highest BCUT2D eigenvalue weighted by molar-refractivity contribution is 5.60. The van der Waals surface area contributed by atoms with Crippen LogP contribution in [0.4, 0.5) is 15.8 Å². The molecule has 1 aromatic heterocycles. The number of nitrogens with zero attached hydrogens (tertiary/aromatic N) is 1. The van der Waals surface area contributed by atoms with Gasteiger partial charge < -0.3 is 10.1 Å². The first-order valence-electron chi connectivity index (χ1n) is 5.39. The number of hydrogen-bond donors (Lipinski definition) is 1. The number of rotatable bonds is 4. The third-order valence-electron chi connectivity index (χ3n) is 2.16. The molecule has 0 aliphatic rings. The molecule has 88 valence electrons. The summed E-state index contributed by atoms with van der Waals surface area (Å²) in [4.78, 5) is 3.50. The highest BCUT2D eigenvalue weighted by Crippen LogP contribution is 2.21. The lowest BCUT2D eigenvalue weighted by Crippen LogP contribution is -1.94. The van der Waals surface area contributed by atoms with Crippen LogP contribution in [0.1, 0.15) is 6.92 Å². The predicted octanol–water partition coefficient (Wildman–Crippen LogP) is 3.36. The smallest absolute Gasteiger partial charge is 0.214 e. The van der Waals surface area contributed by atoms with Crippen LogP contribution in [0, 0.1) is 5.95 Å². The van der Waals surface area contributed by atoms with Gasteiger partial charge >= 0.3 is 0 Å². The molecule has 2 rings (SSSR count). The molecule has 0 fully saturated rings. The SMILES string of the molecule is CCOc1cccc(Nc2ccnc(F)c2)c1. The number of nitrogens with one attached hydrogen (secondary N) is 1. The summed E-state index contributed by atoms with van der Waals surface area (Å²) in [6.45, 7) is 2.55. The summed E-state index contributed by atoms with van der Waals surface area (Å²) in [6, 6.07) is 10.6. The largest absolute Gasteiger partial charge is 0.494 e. The van der Waals surface area contributed by atoms with Crippen LogP contribution in [-0.4, -0.2) is 11.6 Å². The van der Waals surface area contributed by atoms with E-state index in [0.717, 1.165) is 11.4 Å². The van der Waals surface area contributed by atoms with Crippen LogP contribution >= 0.6 is 0 Å². The van der Waals surface area contributed by atoms with Gasteiger partial charge in [-0.3, -0.25) is 0 Å². The number of pyridine rings is 1. The quantitative estimate of drug-likeness (QED) is 0.821. The van der Waals surface area contributed by atoms with Crippen molar-refractivity contribution in [2.24, 2.45) is 0 Å². The number of hydrogen-bond acceptors (Lipinski definition) is 3. The van der Waals surface area contributed by atoms with E-state index >= 15 is 0 Å². The zero-order valence-corrected chi connectivity index (χ0v) is 9.48. The molecule has 1 N–H and O–H groups in total. The van der Waals surface area contributed by atoms with Gasteiger partial charge in [-0.1, -0.05) is 6.07 Å². The van der Waals surface area contributed by atoms with Crippen LogP contribution in [0.5, 0.6) is 5.75 Å². The van der Waals surface area contributed by atoms with Gasteiger partial charge in [-0.15, -0.1) is 0 Å². The van der Waals surface area contributed by atoms with Gasteiger partial charge in [-0.25, -0.2) is 4.98 Å². The summed E-state index contributed by atoms with van der Waals surface area (Å²) in [7, 11) is 0. The first kappa shape index (κ1) is 11.4. The lowest BCUT2D eigenvalue weighted by Gasteiger charge is -2.08. The predicted molar refractivity (Wildman–Crippen MR) is 65.1 cm³/mol. The van der Waals surface area contributed by atoms with Gasteiger partial charge in [0.2, 0.25) is 5.95 Å². The summed E-state index contributed by atoms with van der Waals surface area (Å²) in [5.41, 5.74) is 1.51. The molecule has 2 aromatic rings. The van der Waals surface area contributed by atoms with Gasteiger partial charge in [-0.2, -0.15) is 4.39 Å². The van der Waals surface area contributed by atoms with Crippen molar-refractivity contribution in [2.75, 3.05) is 11.9 Å². The monoisotopic (exact) mass is 232 g/mol. The minimum atomic E-state index is -0.504. The summed E-state index contributed by atoms with van der Waals surface area (Å²) in [5.74, 6) is 0.281. The second kappa shape index (κ2) is 5.30. The van der Waals surface area contributed by atoms with Crippen molar-refractivity contribution < 1.29 is 9.13 Å². The Morgan fingerprint density at radius 3 is 2.82 bits per heavy atom. The zero-order valence-electron chi connectivity index (χ0n) is 9.48. The Morgan fingerprint density at radius 2 is 2.06 bits per heavy atom. The van der Waals surface area contributed by atoms with E-state index in [2.05, 4.69) is 10.3 Å². The molecule has 0 aliphatic carbocycles. The molecule has 0 atom stereocenters. The van der Waals surface area contributed by atoms with Crippen molar-refractivity contribution >= 4 is 11.4 Å². The summed E-state index contributed by atoms with van der Waals surface area (Å²) < 4.78 is 18.3. The van der Waals surface area contributed by atoms with Gasteiger partial charge in [0.05, 0.1) is 6.61 Å². The first-order chi connectivity index (χ1) is 8.28. The van der Waals surface area contributed by atoms with Crippen LogP contribution in [0.3, 0.4) is 0 Å². The zero-order chi connectivity index (χ0) is 12.1. The van der Waals surface area contributed by atoms with Crippen molar-refractivity contribution in [1.29, 1.82) is 0 Å². The Balaban J connectivity index is 2.15. The van der Waals surface area contributed by atoms with Crippen LogP contribution in [0.2, 0.25) is 0 Å². The number of benzene rings is 1. The summed E-state index contributed by atoms with van der Waals surface area (Å²) in [6.07, 6.45) is 1.42. The van der Waals surface area contributed by atoms with E-state index in [4.69, 9.17) is 4.74 Å². The van der Waals surface area contributed by atoms with E-state index in [-0.39, 0.29) is 0 Å². The van der Waals surface area contributed by atoms with E-state index in [1.165, 1.54) is 12.3 Å². The fraction of sp³-hybridized carbons (Fsp3) is 0.154. The standard InChI is InChI=1S/C13H13FN2O/c1-2-17-12-5-3-4-10(8-12)16-11-6-7-15-13(14)9-11/h3-9H,2H2,1H3,(H,15,16). The number of aromatic nitrogens is 1. The molecular formula is C13H13FN2O. The molecule has 3 nitrogen and oxygen atoms in total. The van der Waals surface area contributed by atoms with Gasteiger partial charge in [0, 0.05) is 29.7 Å². The van der Waals surface area contributed by atoms with E-state index in [0.29, 0.717) is 12.3 Å². The second-order valence-electron chi connectivity index (χ2n) is 3.45. The van der Waals surface area contributed by atoms with Crippen LogP contribution in [0.15, 0.2) is 42.6 Å². The lowest BCUT2D eigenvalue weighted by atomic mass is 10.3. The van der Waals surface area contributed by atoms with E-state index in [9.17, 15) is 4.39 Å². The molecule has 0 aliphatic heterocycles. The van der Waals surface area contributed by atoms with Crippen molar-refractivity contribution in [3.05, 3.63) is 48.5 Å². The van der Waals surface area contributed by atoms with Crippen molar-refractivity contribution in [2.45, 2.75) is 6.92 Å². The third-order valence-corrected chi connectivity index (χ3v) is 2.16. The molecule has 0 radical (unpaired) electrons. The Bertz CT molecular complexity index is 502. The van der Waals surface area contributed by atoms with Gasteiger partial charge in [0.15, 0.2) is 0 Å². The molecule has 0 saturated carbocycles. The van der Waals surface area contributed by atoms with E-state index in [1.54, 1.807) is 6.07 Å². The van der Waals surface area contributed by atoms with Crippen molar-refractivity contribution in [3.63, 3.8) is 0 Å². The molecular weight excluding hydrogens is 219 g/mol. The molecule has 0 bridgehead atoms. The summed E-state index contributed by atoms with van der Waals surface area (Å²) >= 11 is 0. The molecule has 1 aromatic carbocycles. The number of anilines is 2. The summed E-state index contributed by atoms with van der Waals surface area (Å²) in [5, 5.41) is 3.08. The van der Waals surface area contributed by atoms with Gasteiger partial charge in [-0.05, 0) is 25.1 Å². The maximum absolute atomic E-state index is 12.9. The Labute approximate surface area is 99.3 Å². The highest BCUT2D eigenvalue weighted by atomic mass is 19.1. The average Bonchev–Trinajstić information content (AvgIpc) is 2.30. The fourth-order valence-corrected chi connectivity index (χ4v) is 1.48. The Kier molecular flexibility index (Phi) is 3.55. The van der Waals surface area contributed by atoms with Crippen molar-refractivity contribution in [3.8, 4) is 5.75 Å². The number of halogens is 1. The van der Waals surface area contributed by atoms with Crippen LogP contribution in [-0.2, 0) is 0 Å². The minimum Gasteiger partial charge on any atom is -0.494 e.